The number of halogens is 3. The second-order valence-electron chi connectivity index (χ2n) is 11.6. The number of carbonyl (C=O) groups is 1. The summed E-state index contributed by atoms with van der Waals surface area (Å²) in [6, 6.07) is 16.7. The Morgan fingerprint density at radius 3 is 2.40 bits per heavy atom. The molecule has 2 N–H and O–H groups in total. The number of amides is 1. The molecule has 0 radical (unpaired) electrons. The maximum Gasteiger partial charge on any atom is 0.389 e. The summed E-state index contributed by atoms with van der Waals surface area (Å²) in [5, 5.41) is 10.9. The van der Waals surface area contributed by atoms with Crippen molar-refractivity contribution in [2.24, 2.45) is 0 Å². The van der Waals surface area contributed by atoms with Gasteiger partial charge in [-0.25, -0.2) is 9.67 Å². The maximum absolute atomic E-state index is 13.3. The Hall–Kier alpha value is -4.44. The molecule has 0 aliphatic rings. The number of nitrogens with one attached hydrogen (secondary N) is 2. The summed E-state index contributed by atoms with van der Waals surface area (Å²) < 4.78 is 47.9. The fourth-order valence-corrected chi connectivity index (χ4v) is 4.85. The fourth-order valence-electron chi connectivity index (χ4n) is 4.85. The van der Waals surface area contributed by atoms with Gasteiger partial charge >= 0.3 is 6.18 Å². The number of hydrogen-bond acceptors (Lipinski definition) is 5. The number of pyridine rings is 1. The quantitative estimate of drug-likeness (QED) is 0.197. The van der Waals surface area contributed by atoms with Gasteiger partial charge in [0.05, 0.1) is 28.5 Å². The molecule has 1 amide bonds. The summed E-state index contributed by atoms with van der Waals surface area (Å²) in [6.07, 6.45) is -2.07. The van der Waals surface area contributed by atoms with E-state index in [4.69, 9.17) is 4.42 Å². The molecule has 0 atom stereocenters. The zero-order valence-electron chi connectivity index (χ0n) is 24.8. The standard InChI is InChI=1S/C33H34F3N5O2/c1-20-17-39-41(19-20)24-11-9-22(10-12-24)29-28(30(42)37-5)26-16-25(27(40-31(26)43-29)13-14-33(34,35)36)23-8-6-7-21(15-23)18-38-32(2,3)4/h6-12,15-17,19,38H,13-14,18H2,1-5H3,(H,37,42). The van der Waals surface area contributed by atoms with Crippen molar-refractivity contribution in [2.45, 2.75) is 58.8 Å². The molecule has 0 unspecified atom stereocenters. The number of nitrogens with zero attached hydrogens (tertiary/aromatic N) is 3. The smallest absolute Gasteiger partial charge is 0.389 e. The molecule has 2 aromatic carbocycles. The Morgan fingerprint density at radius 1 is 1.02 bits per heavy atom. The molecule has 3 aromatic heterocycles. The van der Waals surface area contributed by atoms with E-state index in [0.717, 1.165) is 16.8 Å². The zero-order chi connectivity index (χ0) is 30.9. The van der Waals surface area contributed by atoms with Crippen LogP contribution in [0.1, 0.15) is 54.4 Å². The summed E-state index contributed by atoms with van der Waals surface area (Å²) in [5.74, 6) is -0.105. The van der Waals surface area contributed by atoms with Crippen molar-refractivity contribution in [1.29, 1.82) is 0 Å². The number of aromatic nitrogens is 3. The molecule has 0 aliphatic heterocycles. The van der Waals surface area contributed by atoms with Crippen LogP contribution in [-0.4, -0.2) is 39.4 Å². The number of furan rings is 1. The van der Waals surface area contributed by atoms with Crippen molar-refractivity contribution in [3.63, 3.8) is 0 Å². The average Bonchev–Trinajstić information content (AvgIpc) is 3.57. The highest BCUT2D eigenvalue weighted by molar-refractivity contribution is 6.11. The van der Waals surface area contributed by atoms with Crippen LogP contribution in [0.2, 0.25) is 0 Å². The lowest BCUT2D eigenvalue weighted by atomic mass is 9.96. The first-order chi connectivity index (χ1) is 20.3. The van der Waals surface area contributed by atoms with Gasteiger partial charge in [0, 0.05) is 42.9 Å². The van der Waals surface area contributed by atoms with E-state index in [1.165, 1.54) is 7.05 Å². The SMILES string of the molecule is CNC(=O)c1c(-c2ccc(-n3cc(C)cn3)cc2)oc2nc(CCC(F)(F)F)c(-c3cccc(CNC(C)(C)C)c3)cc12. The predicted octanol–water partition coefficient (Wildman–Crippen LogP) is 7.40. The van der Waals surface area contributed by atoms with Gasteiger partial charge in [-0.05, 0) is 87.2 Å². The van der Waals surface area contributed by atoms with Crippen LogP contribution in [-0.2, 0) is 13.0 Å². The third-order valence-corrected chi connectivity index (χ3v) is 7.03. The number of benzene rings is 2. The first-order valence-electron chi connectivity index (χ1n) is 14.0. The number of alkyl halides is 3. The van der Waals surface area contributed by atoms with Gasteiger partial charge in [0.15, 0.2) is 0 Å². The number of rotatable bonds is 8. The molecule has 0 aliphatic carbocycles. The van der Waals surface area contributed by atoms with E-state index in [1.807, 2.05) is 61.7 Å². The monoisotopic (exact) mass is 589 g/mol. The number of fused-ring (bicyclic) bond motifs is 1. The minimum absolute atomic E-state index is 0.104. The van der Waals surface area contributed by atoms with Crippen LogP contribution in [0.15, 0.2) is 71.4 Å². The molecule has 3 heterocycles. The van der Waals surface area contributed by atoms with Gasteiger partial charge in [-0.2, -0.15) is 18.3 Å². The molecule has 10 heteroatoms. The normalized spacial score (nSPS) is 12.2. The van der Waals surface area contributed by atoms with Crippen LogP contribution in [0, 0.1) is 6.92 Å². The minimum Gasteiger partial charge on any atom is -0.437 e. The topological polar surface area (TPSA) is 85.0 Å². The molecule has 5 rings (SSSR count). The van der Waals surface area contributed by atoms with Crippen molar-refractivity contribution in [1.82, 2.24) is 25.4 Å². The molecule has 0 bridgehead atoms. The van der Waals surface area contributed by atoms with Gasteiger partial charge in [0.25, 0.3) is 5.91 Å². The van der Waals surface area contributed by atoms with Crippen LogP contribution in [0.4, 0.5) is 13.2 Å². The van der Waals surface area contributed by atoms with E-state index in [-0.39, 0.29) is 40.6 Å². The summed E-state index contributed by atoms with van der Waals surface area (Å²) in [4.78, 5) is 17.8. The average molecular weight is 590 g/mol. The predicted molar refractivity (Wildman–Crippen MR) is 161 cm³/mol. The van der Waals surface area contributed by atoms with Crippen molar-refractivity contribution in [2.75, 3.05) is 7.05 Å². The number of hydrogen-bond donors (Lipinski definition) is 2. The molecule has 0 saturated heterocycles. The van der Waals surface area contributed by atoms with Crippen molar-refractivity contribution in [3.8, 4) is 28.1 Å². The van der Waals surface area contributed by atoms with Crippen molar-refractivity contribution in [3.05, 3.63) is 89.4 Å². The Bertz CT molecular complexity index is 1760. The summed E-state index contributed by atoms with van der Waals surface area (Å²) in [7, 11) is 1.52. The summed E-state index contributed by atoms with van der Waals surface area (Å²) in [6.45, 7) is 8.72. The van der Waals surface area contributed by atoms with Crippen LogP contribution in [0.3, 0.4) is 0 Å². The van der Waals surface area contributed by atoms with E-state index in [0.29, 0.717) is 28.6 Å². The molecule has 0 spiro atoms. The minimum atomic E-state index is -4.36. The van der Waals surface area contributed by atoms with Gasteiger partial charge in [0.1, 0.15) is 5.76 Å². The Labute approximate surface area is 248 Å². The van der Waals surface area contributed by atoms with Gasteiger partial charge in [0.2, 0.25) is 5.71 Å². The number of aryl methyl sites for hydroxylation is 2. The molecule has 0 fully saturated rings. The van der Waals surface area contributed by atoms with Gasteiger partial charge in [-0.1, -0.05) is 18.2 Å². The molecular formula is C33H34F3N5O2. The zero-order valence-corrected chi connectivity index (χ0v) is 24.8. The molecular weight excluding hydrogens is 555 g/mol. The largest absolute Gasteiger partial charge is 0.437 e. The van der Waals surface area contributed by atoms with Crippen LogP contribution >= 0.6 is 0 Å². The molecule has 224 valence electrons. The lowest BCUT2D eigenvalue weighted by molar-refractivity contribution is -0.134. The highest BCUT2D eigenvalue weighted by Crippen LogP contribution is 2.38. The van der Waals surface area contributed by atoms with Crippen LogP contribution in [0.25, 0.3) is 39.2 Å². The fraction of sp³-hybridized carbons (Fsp3) is 0.303. The van der Waals surface area contributed by atoms with Gasteiger partial charge in [-0.3, -0.25) is 4.79 Å². The third kappa shape index (κ3) is 6.97. The van der Waals surface area contributed by atoms with E-state index in [1.54, 1.807) is 16.9 Å². The lowest BCUT2D eigenvalue weighted by Gasteiger charge is -2.21. The Balaban J connectivity index is 1.64. The van der Waals surface area contributed by atoms with E-state index >= 15 is 0 Å². The second kappa shape index (κ2) is 11.7. The van der Waals surface area contributed by atoms with Crippen molar-refractivity contribution >= 4 is 17.0 Å². The highest BCUT2D eigenvalue weighted by atomic mass is 19.4. The van der Waals surface area contributed by atoms with Crippen LogP contribution < -0.4 is 10.6 Å². The third-order valence-electron chi connectivity index (χ3n) is 7.03. The Morgan fingerprint density at radius 2 is 1.77 bits per heavy atom. The van der Waals surface area contributed by atoms with E-state index < -0.39 is 12.6 Å². The van der Waals surface area contributed by atoms with Gasteiger partial charge in [-0.15, -0.1) is 0 Å². The van der Waals surface area contributed by atoms with Crippen molar-refractivity contribution < 1.29 is 22.4 Å². The summed E-state index contributed by atoms with van der Waals surface area (Å²) >= 11 is 0. The molecule has 7 nitrogen and oxygen atoms in total. The Kier molecular flexibility index (Phi) is 8.16. The highest BCUT2D eigenvalue weighted by Gasteiger charge is 2.29. The summed E-state index contributed by atoms with van der Waals surface area (Å²) in [5.41, 5.74) is 5.18. The van der Waals surface area contributed by atoms with E-state index in [9.17, 15) is 18.0 Å². The van der Waals surface area contributed by atoms with E-state index in [2.05, 4.69) is 41.5 Å². The second-order valence-corrected chi connectivity index (χ2v) is 11.6. The van der Waals surface area contributed by atoms with Gasteiger partial charge < -0.3 is 15.1 Å². The lowest BCUT2D eigenvalue weighted by Crippen LogP contribution is -2.35. The number of carbonyl (C=O) groups excluding carboxylic acids is 1. The molecule has 0 saturated carbocycles. The molecule has 5 aromatic rings. The first kappa shape index (κ1) is 30.0. The maximum atomic E-state index is 13.3. The molecule has 43 heavy (non-hydrogen) atoms. The first-order valence-corrected chi connectivity index (χ1v) is 14.0. The van der Waals surface area contributed by atoms with Crippen LogP contribution in [0.5, 0.6) is 0 Å².